The largest absolute Gasteiger partial charge is 0.394 e. The van der Waals surface area contributed by atoms with Crippen LogP contribution in [0.3, 0.4) is 0 Å². The summed E-state index contributed by atoms with van der Waals surface area (Å²) in [6.07, 6.45) is -9.87. The second kappa shape index (κ2) is 9.52. The van der Waals surface area contributed by atoms with Crippen molar-refractivity contribution in [2.45, 2.75) is 68.2 Å². The van der Waals surface area contributed by atoms with Gasteiger partial charge >= 0.3 is 0 Å². The molecule has 2 saturated heterocycles. The van der Waals surface area contributed by atoms with Crippen molar-refractivity contribution < 1.29 is 49.3 Å². The minimum atomic E-state index is -1.51. The number of aliphatic hydroxyl groups is 5. The molecular weight excluding hydrogens is 368 g/mol. The first-order chi connectivity index (χ1) is 12.7. The SMILES string of the molecule is COC1C(CO)OC(OC2C(CO)OC(O)C(N)C2O)C(NC(C)=O)C1O. The fraction of sp³-hybridized carbons (Fsp3) is 0.933. The van der Waals surface area contributed by atoms with Gasteiger partial charge in [-0.05, 0) is 0 Å². The fourth-order valence-corrected chi connectivity index (χ4v) is 3.29. The van der Waals surface area contributed by atoms with Gasteiger partial charge in [-0.25, -0.2) is 0 Å². The number of nitrogens with one attached hydrogen (secondary N) is 1. The van der Waals surface area contributed by atoms with Crippen LogP contribution in [0.25, 0.3) is 0 Å². The Kier molecular flexibility index (Phi) is 7.88. The molecule has 27 heavy (non-hydrogen) atoms. The Balaban J connectivity index is 2.24. The molecule has 1 amide bonds. The number of hydrogen-bond acceptors (Lipinski definition) is 11. The number of methoxy groups -OCH3 is 1. The molecule has 2 heterocycles. The molecule has 2 aliphatic rings. The maximum absolute atomic E-state index is 11.5. The number of carbonyl (C=O) groups excluding carboxylic acids is 1. The summed E-state index contributed by atoms with van der Waals surface area (Å²) in [6.45, 7) is 0.119. The predicted molar refractivity (Wildman–Crippen MR) is 87.0 cm³/mol. The molecule has 12 heteroatoms. The van der Waals surface area contributed by atoms with Crippen LogP contribution in [0.4, 0.5) is 0 Å². The molecule has 0 bridgehead atoms. The summed E-state index contributed by atoms with van der Waals surface area (Å²) >= 11 is 0. The average molecular weight is 396 g/mol. The van der Waals surface area contributed by atoms with Crippen molar-refractivity contribution >= 4 is 5.91 Å². The van der Waals surface area contributed by atoms with E-state index in [0.29, 0.717) is 0 Å². The Morgan fingerprint density at radius 3 is 2.19 bits per heavy atom. The van der Waals surface area contributed by atoms with Crippen LogP contribution >= 0.6 is 0 Å². The van der Waals surface area contributed by atoms with E-state index in [1.54, 1.807) is 0 Å². The van der Waals surface area contributed by atoms with Gasteiger partial charge in [-0.1, -0.05) is 0 Å². The molecule has 2 aliphatic heterocycles. The number of rotatable bonds is 6. The first kappa shape index (κ1) is 22.4. The number of aliphatic hydroxyl groups excluding tert-OH is 5. The van der Waals surface area contributed by atoms with E-state index in [9.17, 15) is 30.3 Å². The molecule has 0 radical (unpaired) electrons. The molecule has 10 atom stereocenters. The van der Waals surface area contributed by atoms with Crippen LogP contribution in [-0.2, 0) is 23.7 Å². The quantitative estimate of drug-likeness (QED) is 0.228. The highest BCUT2D eigenvalue weighted by molar-refractivity contribution is 5.73. The van der Waals surface area contributed by atoms with Crippen molar-refractivity contribution in [3.8, 4) is 0 Å². The Morgan fingerprint density at radius 2 is 1.67 bits per heavy atom. The van der Waals surface area contributed by atoms with E-state index in [2.05, 4.69) is 5.32 Å². The molecular formula is C15H28N2O10. The third-order valence-electron chi connectivity index (χ3n) is 4.71. The van der Waals surface area contributed by atoms with Crippen LogP contribution in [0.2, 0.25) is 0 Å². The minimum Gasteiger partial charge on any atom is -0.394 e. The smallest absolute Gasteiger partial charge is 0.217 e. The number of hydrogen-bond donors (Lipinski definition) is 7. The number of ether oxygens (including phenoxy) is 4. The van der Waals surface area contributed by atoms with Gasteiger partial charge < -0.3 is 55.5 Å². The van der Waals surface area contributed by atoms with Crippen LogP contribution in [-0.4, -0.2) is 113 Å². The maximum Gasteiger partial charge on any atom is 0.217 e. The molecule has 0 spiro atoms. The third kappa shape index (κ3) is 4.74. The van der Waals surface area contributed by atoms with E-state index in [-0.39, 0.29) is 0 Å². The van der Waals surface area contributed by atoms with E-state index in [4.69, 9.17) is 24.7 Å². The normalized spacial score (nSPS) is 45.5. The molecule has 0 aromatic carbocycles. The van der Waals surface area contributed by atoms with Gasteiger partial charge in [-0.15, -0.1) is 0 Å². The van der Waals surface area contributed by atoms with Crippen LogP contribution in [0.1, 0.15) is 6.92 Å². The Morgan fingerprint density at radius 1 is 1.07 bits per heavy atom. The fourth-order valence-electron chi connectivity index (χ4n) is 3.29. The molecule has 0 saturated carbocycles. The highest BCUT2D eigenvalue weighted by atomic mass is 16.7. The van der Waals surface area contributed by atoms with E-state index in [0.717, 1.165) is 0 Å². The van der Waals surface area contributed by atoms with Crippen molar-refractivity contribution in [2.75, 3.05) is 20.3 Å². The molecule has 2 rings (SSSR count). The molecule has 8 N–H and O–H groups in total. The van der Waals surface area contributed by atoms with Gasteiger partial charge in [0.25, 0.3) is 0 Å². The molecule has 12 nitrogen and oxygen atoms in total. The summed E-state index contributed by atoms with van der Waals surface area (Å²) in [5.41, 5.74) is 5.67. The van der Waals surface area contributed by atoms with Gasteiger partial charge in [0.05, 0.1) is 19.3 Å². The first-order valence-electron chi connectivity index (χ1n) is 8.52. The maximum atomic E-state index is 11.5. The summed E-state index contributed by atoms with van der Waals surface area (Å²) in [5.74, 6) is -0.486. The second-order valence-electron chi connectivity index (χ2n) is 6.56. The Labute approximate surface area is 155 Å². The Hall–Kier alpha value is -0.930. The van der Waals surface area contributed by atoms with E-state index < -0.39 is 80.4 Å². The molecule has 0 aromatic heterocycles. The zero-order valence-corrected chi connectivity index (χ0v) is 15.0. The average Bonchev–Trinajstić information content (AvgIpc) is 2.63. The van der Waals surface area contributed by atoms with Crippen LogP contribution in [0.15, 0.2) is 0 Å². The molecule has 158 valence electrons. The van der Waals surface area contributed by atoms with Crippen molar-refractivity contribution in [1.82, 2.24) is 5.32 Å². The highest BCUT2D eigenvalue weighted by Crippen LogP contribution is 2.29. The number of amides is 1. The zero-order chi connectivity index (χ0) is 20.3. The summed E-state index contributed by atoms with van der Waals surface area (Å²) in [5, 5.41) is 52.0. The van der Waals surface area contributed by atoms with Gasteiger partial charge in [-0.2, -0.15) is 0 Å². The lowest BCUT2D eigenvalue weighted by molar-refractivity contribution is -0.327. The van der Waals surface area contributed by atoms with Crippen LogP contribution in [0, 0.1) is 0 Å². The van der Waals surface area contributed by atoms with Gasteiger partial charge in [0.15, 0.2) is 12.6 Å². The summed E-state index contributed by atoms with van der Waals surface area (Å²) < 4.78 is 21.6. The van der Waals surface area contributed by atoms with E-state index >= 15 is 0 Å². The third-order valence-corrected chi connectivity index (χ3v) is 4.71. The van der Waals surface area contributed by atoms with Crippen molar-refractivity contribution in [1.29, 1.82) is 0 Å². The first-order valence-corrected chi connectivity index (χ1v) is 8.52. The zero-order valence-electron chi connectivity index (χ0n) is 15.0. The monoisotopic (exact) mass is 396 g/mol. The van der Waals surface area contributed by atoms with Gasteiger partial charge in [-0.3, -0.25) is 4.79 Å². The molecule has 0 aromatic rings. The summed E-state index contributed by atoms with van der Waals surface area (Å²) in [7, 11) is 1.31. The highest BCUT2D eigenvalue weighted by Gasteiger charge is 2.50. The number of carbonyl (C=O) groups is 1. The predicted octanol–water partition coefficient (Wildman–Crippen LogP) is -4.63. The lowest BCUT2D eigenvalue weighted by atomic mass is 9.95. The topological polar surface area (TPSA) is 193 Å². The Bertz CT molecular complexity index is 495. The minimum absolute atomic E-state index is 0.486. The summed E-state index contributed by atoms with van der Waals surface area (Å²) in [6, 6.07) is -2.32. The van der Waals surface area contributed by atoms with Gasteiger partial charge in [0.2, 0.25) is 5.91 Å². The van der Waals surface area contributed by atoms with E-state index in [1.165, 1.54) is 14.0 Å². The molecule has 10 unspecified atom stereocenters. The van der Waals surface area contributed by atoms with Gasteiger partial charge in [0.1, 0.15) is 42.7 Å². The molecule has 0 aliphatic carbocycles. The summed E-state index contributed by atoms with van der Waals surface area (Å²) in [4.78, 5) is 11.5. The van der Waals surface area contributed by atoms with Crippen molar-refractivity contribution in [2.24, 2.45) is 5.73 Å². The van der Waals surface area contributed by atoms with Crippen molar-refractivity contribution in [3.63, 3.8) is 0 Å². The molecule has 2 fully saturated rings. The lowest BCUT2D eigenvalue weighted by Crippen LogP contribution is -2.68. The lowest BCUT2D eigenvalue weighted by Gasteiger charge is -2.47. The van der Waals surface area contributed by atoms with Crippen molar-refractivity contribution in [3.05, 3.63) is 0 Å². The van der Waals surface area contributed by atoms with Gasteiger partial charge in [0, 0.05) is 14.0 Å². The van der Waals surface area contributed by atoms with Crippen LogP contribution in [0.5, 0.6) is 0 Å². The number of nitrogens with two attached hydrogens (primary N) is 1. The van der Waals surface area contributed by atoms with Crippen LogP contribution < -0.4 is 11.1 Å². The second-order valence-corrected chi connectivity index (χ2v) is 6.56. The van der Waals surface area contributed by atoms with E-state index in [1.807, 2.05) is 0 Å². The standard InChI is InChI=1S/C15H28N2O10/c1-5(20)17-9-11(22)12(24-2)6(3-18)26-15(9)27-13-7(4-19)25-14(23)8(16)10(13)21/h6-15,18-19,21-23H,3-4,16H2,1-2H3,(H,17,20).